The lowest BCUT2D eigenvalue weighted by atomic mass is 9.95. The van der Waals surface area contributed by atoms with Crippen molar-refractivity contribution in [3.63, 3.8) is 0 Å². The summed E-state index contributed by atoms with van der Waals surface area (Å²) >= 11 is 0. The minimum absolute atomic E-state index is 0.849. The molecule has 0 radical (unpaired) electrons. The van der Waals surface area contributed by atoms with E-state index in [1.807, 2.05) is 12.1 Å². The number of fused-ring (bicyclic) bond motifs is 1. The van der Waals surface area contributed by atoms with Crippen molar-refractivity contribution in [2.75, 3.05) is 0 Å². The summed E-state index contributed by atoms with van der Waals surface area (Å²) in [7, 11) is 0. The third-order valence-corrected chi connectivity index (χ3v) is 3.13. The van der Waals surface area contributed by atoms with Gasteiger partial charge in [-0.25, -0.2) is 0 Å². The monoisotopic (exact) mass is 234 g/mol. The van der Waals surface area contributed by atoms with Crippen LogP contribution in [0.3, 0.4) is 0 Å². The van der Waals surface area contributed by atoms with Gasteiger partial charge in [0.2, 0.25) is 0 Å². The van der Waals surface area contributed by atoms with E-state index in [9.17, 15) is 0 Å². The van der Waals surface area contributed by atoms with E-state index in [1.165, 1.54) is 5.56 Å². The predicted octanol–water partition coefficient (Wildman–Crippen LogP) is 3.32. The predicted molar refractivity (Wildman–Crippen MR) is 75.4 cm³/mol. The molecule has 0 unspecified atom stereocenters. The zero-order valence-corrected chi connectivity index (χ0v) is 10.3. The van der Waals surface area contributed by atoms with Gasteiger partial charge in [0.25, 0.3) is 0 Å². The van der Waals surface area contributed by atoms with Gasteiger partial charge in [0, 0.05) is 16.7 Å². The van der Waals surface area contributed by atoms with E-state index in [-0.39, 0.29) is 0 Å². The molecule has 0 atom stereocenters. The van der Waals surface area contributed by atoms with E-state index in [2.05, 4.69) is 60.4 Å². The smallest absolute Gasteiger partial charge is 0.0984 e. The zero-order chi connectivity index (χ0) is 12.5. The van der Waals surface area contributed by atoms with E-state index in [1.54, 1.807) is 0 Å². The van der Waals surface area contributed by atoms with Gasteiger partial charge in [0.1, 0.15) is 0 Å². The molecule has 0 spiro atoms. The molecule has 2 aromatic rings. The summed E-state index contributed by atoms with van der Waals surface area (Å²) in [5.41, 5.74) is 9.43. The Morgan fingerprint density at radius 1 is 0.944 bits per heavy atom. The lowest BCUT2D eigenvalue weighted by Crippen LogP contribution is -2.19. The molecule has 2 nitrogen and oxygen atoms in total. The van der Waals surface area contributed by atoms with Crippen molar-refractivity contribution >= 4 is 11.4 Å². The van der Waals surface area contributed by atoms with Gasteiger partial charge in [-0.05, 0) is 6.92 Å². The van der Waals surface area contributed by atoms with Gasteiger partial charge in [0.15, 0.2) is 0 Å². The summed E-state index contributed by atoms with van der Waals surface area (Å²) in [4.78, 5) is 0. The summed E-state index contributed by atoms with van der Waals surface area (Å²) in [6.07, 6.45) is 0. The van der Waals surface area contributed by atoms with Crippen LogP contribution in [0.5, 0.6) is 0 Å². The van der Waals surface area contributed by atoms with Crippen LogP contribution in [0.2, 0.25) is 0 Å². The average molecular weight is 234 g/mol. The molecule has 0 saturated carbocycles. The maximum absolute atomic E-state index is 4.42. The van der Waals surface area contributed by atoms with Crippen molar-refractivity contribution in [1.82, 2.24) is 5.43 Å². The van der Waals surface area contributed by atoms with Crippen molar-refractivity contribution < 1.29 is 0 Å². The quantitative estimate of drug-likeness (QED) is 0.804. The van der Waals surface area contributed by atoms with E-state index in [4.69, 9.17) is 0 Å². The third kappa shape index (κ3) is 1.72. The van der Waals surface area contributed by atoms with Crippen LogP contribution in [0.15, 0.2) is 60.2 Å². The molecular formula is C16H14N2. The fourth-order valence-electron chi connectivity index (χ4n) is 2.13. The summed E-state index contributed by atoms with van der Waals surface area (Å²) in [5.74, 6) is 0. The fourth-order valence-corrected chi connectivity index (χ4v) is 2.13. The number of benzene rings is 2. The highest BCUT2D eigenvalue weighted by Gasteiger charge is 2.17. The Bertz CT molecular complexity index is 636. The first-order valence-electron chi connectivity index (χ1n) is 5.95. The first-order valence-corrected chi connectivity index (χ1v) is 5.95. The highest BCUT2D eigenvalue weighted by atomic mass is 15.3. The van der Waals surface area contributed by atoms with Gasteiger partial charge in [-0.2, -0.15) is 5.10 Å². The number of aryl methyl sites for hydroxylation is 1. The molecule has 1 N–H and O–H groups in total. The number of hydrogen-bond donors (Lipinski definition) is 1. The highest BCUT2D eigenvalue weighted by Crippen LogP contribution is 2.23. The molecule has 18 heavy (non-hydrogen) atoms. The van der Waals surface area contributed by atoms with Gasteiger partial charge < -0.3 is 0 Å². The normalized spacial score (nSPS) is 13.6. The molecule has 0 bridgehead atoms. The van der Waals surface area contributed by atoms with Gasteiger partial charge in [0.05, 0.1) is 11.4 Å². The minimum Gasteiger partial charge on any atom is -0.278 e. The SMILES string of the molecule is C=C1NN=C(c2ccc(C)cc2)c2ccccc21. The van der Waals surface area contributed by atoms with E-state index in [0.717, 1.165) is 28.1 Å². The molecule has 1 heterocycles. The summed E-state index contributed by atoms with van der Waals surface area (Å²) in [6, 6.07) is 16.6. The van der Waals surface area contributed by atoms with Crippen LogP contribution in [0.1, 0.15) is 22.3 Å². The molecule has 0 aromatic heterocycles. The average Bonchev–Trinajstić information content (AvgIpc) is 2.41. The standard InChI is InChI=1S/C16H14N2/c1-11-7-9-13(10-8-11)16-15-6-4-3-5-14(15)12(2)17-18-16/h3-10,17H,2H2,1H3. The van der Waals surface area contributed by atoms with Crippen molar-refractivity contribution in [2.45, 2.75) is 6.92 Å². The number of hydrogen-bond acceptors (Lipinski definition) is 2. The first-order chi connectivity index (χ1) is 8.75. The Morgan fingerprint density at radius 3 is 2.33 bits per heavy atom. The van der Waals surface area contributed by atoms with Gasteiger partial charge in [-0.15, -0.1) is 0 Å². The maximum Gasteiger partial charge on any atom is 0.0984 e. The third-order valence-electron chi connectivity index (χ3n) is 3.13. The van der Waals surface area contributed by atoms with Crippen LogP contribution in [0, 0.1) is 6.92 Å². The Balaban J connectivity index is 2.14. The second kappa shape index (κ2) is 4.15. The Labute approximate surface area is 107 Å². The van der Waals surface area contributed by atoms with Crippen molar-refractivity contribution in [1.29, 1.82) is 0 Å². The van der Waals surface area contributed by atoms with Crippen molar-refractivity contribution in [3.8, 4) is 0 Å². The zero-order valence-electron chi connectivity index (χ0n) is 10.3. The number of nitrogens with one attached hydrogen (secondary N) is 1. The first kappa shape index (κ1) is 10.8. The molecule has 1 aliphatic heterocycles. The molecule has 1 aliphatic rings. The van der Waals surface area contributed by atoms with Crippen LogP contribution < -0.4 is 5.43 Å². The van der Waals surface area contributed by atoms with Crippen LogP contribution in [0.4, 0.5) is 0 Å². The molecule has 2 heteroatoms. The molecular weight excluding hydrogens is 220 g/mol. The van der Waals surface area contributed by atoms with Gasteiger partial charge >= 0.3 is 0 Å². The van der Waals surface area contributed by atoms with E-state index >= 15 is 0 Å². The van der Waals surface area contributed by atoms with Crippen molar-refractivity contribution in [3.05, 3.63) is 77.4 Å². The molecule has 3 rings (SSSR count). The van der Waals surface area contributed by atoms with Crippen LogP contribution in [0.25, 0.3) is 5.70 Å². The largest absolute Gasteiger partial charge is 0.278 e. The lowest BCUT2D eigenvalue weighted by molar-refractivity contribution is 0.978. The van der Waals surface area contributed by atoms with Crippen LogP contribution in [-0.4, -0.2) is 5.71 Å². The molecule has 0 amide bonds. The Morgan fingerprint density at radius 2 is 1.61 bits per heavy atom. The molecule has 2 aromatic carbocycles. The highest BCUT2D eigenvalue weighted by molar-refractivity contribution is 6.16. The molecule has 0 fully saturated rings. The maximum atomic E-state index is 4.42. The number of nitrogens with zero attached hydrogens (tertiary/aromatic N) is 1. The summed E-state index contributed by atoms with van der Waals surface area (Å²) in [6.45, 7) is 6.06. The van der Waals surface area contributed by atoms with Crippen LogP contribution in [-0.2, 0) is 0 Å². The van der Waals surface area contributed by atoms with Gasteiger partial charge in [-0.1, -0.05) is 60.7 Å². The van der Waals surface area contributed by atoms with E-state index < -0.39 is 0 Å². The summed E-state index contributed by atoms with van der Waals surface area (Å²) < 4.78 is 0. The molecule has 0 saturated heterocycles. The molecule has 88 valence electrons. The van der Waals surface area contributed by atoms with Crippen LogP contribution >= 0.6 is 0 Å². The Kier molecular flexibility index (Phi) is 2.49. The summed E-state index contributed by atoms with van der Waals surface area (Å²) in [5, 5.41) is 4.42. The van der Waals surface area contributed by atoms with Gasteiger partial charge in [-0.3, -0.25) is 5.43 Å². The lowest BCUT2D eigenvalue weighted by Gasteiger charge is -2.19. The Hall–Kier alpha value is -2.35. The fraction of sp³-hybridized carbons (Fsp3) is 0.0625. The van der Waals surface area contributed by atoms with E-state index in [0.29, 0.717) is 0 Å². The second-order valence-electron chi connectivity index (χ2n) is 4.46. The minimum atomic E-state index is 0.849. The van der Waals surface area contributed by atoms with Crippen molar-refractivity contribution in [2.24, 2.45) is 5.10 Å². The number of hydrazone groups is 1. The topological polar surface area (TPSA) is 24.4 Å². The molecule has 0 aliphatic carbocycles. The number of rotatable bonds is 1. The second-order valence-corrected chi connectivity index (χ2v) is 4.46.